The van der Waals surface area contributed by atoms with E-state index >= 15 is 0 Å². The van der Waals surface area contributed by atoms with Crippen molar-refractivity contribution in [1.29, 1.82) is 0 Å². The maximum atomic E-state index is 13.9. The van der Waals surface area contributed by atoms with E-state index in [0.717, 1.165) is 0 Å². The second-order valence-electron chi connectivity index (χ2n) is 4.39. The van der Waals surface area contributed by atoms with Gasteiger partial charge >= 0.3 is 12.1 Å². The first-order chi connectivity index (χ1) is 11.0. The van der Waals surface area contributed by atoms with Crippen LogP contribution in [0.3, 0.4) is 0 Å². The van der Waals surface area contributed by atoms with E-state index in [-0.39, 0.29) is 0 Å². The van der Waals surface area contributed by atoms with Crippen molar-refractivity contribution < 1.29 is 31.9 Å². The van der Waals surface area contributed by atoms with Crippen molar-refractivity contribution >= 4 is 40.7 Å². The van der Waals surface area contributed by atoms with Gasteiger partial charge in [-0.25, -0.2) is 18.6 Å². The van der Waals surface area contributed by atoms with Crippen molar-refractivity contribution in [3.05, 3.63) is 51.1 Å². The van der Waals surface area contributed by atoms with Gasteiger partial charge in [0, 0.05) is 6.20 Å². The number of alkyl halides is 3. The van der Waals surface area contributed by atoms with Gasteiger partial charge in [-0.2, -0.15) is 13.2 Å². The predicted octanol–water partition coefficient (Wildman–Crippen LogP) is 5.13. The summed E-state index contributed by atoms with van der Waals surface area (Å²) >= 11 is 11.0. The number of benzene rings is 1. The molecule has 0 fully saturated rings. The molecule has 0 saturated heterocycles. The van der Waals surface area contributed by atoms with Gasteiger partial charge in [-0.3, -0.25) is 0 Å². The quantitative estimate of drug-likeness (QED) is 0.567. The second kappa shape index (κ2) is 6.40. The second-order valence-corrected chi connectivity index (χ2v) is 5.21. The summed E-state index contributed by atoms with van der Waals surface area (Å²) in [5.74, 6) is -5.32. The Bertz CT molecular complexity index is 827. The highest BCUT2D eigenvalue weighted by Gasteiger charge is 2.32. The molecule has 2 N–H and O–H groups in total. The number of halogens is 7. The summed E-state index contributed by atoms with van der Waals surface area (Å²) in [6.07, 6.45) is -4.31. The molecule has 0 radical (unpaired) electrons. The molecular formula is C13H5Cl2F5N2O2. The highest BCUT2D eigenvalue weighted by atomic mass is 35.5. The summed E-state index contributed by atoms with van der Waals surface area (Å²) in [5.41, 5.74) is -2.80. The summed E-state index contributed by atoms with van der Waals surface area (Å²) in [6.45, 7) is 0. The predicted molar refractivity (Wildman–Crippen MR) is 75.9 cm³/mol. The number of hydrogen-bond donors (Lipinski definition) is 2. The minimum atomic E-state index is -4.71. The molecule has 0 aliphatic carbocycles. The van der Waals surface area contributed by atoms with Gasteiger partial charge in [0.15, 0.2) is 11.6 Å². The molecule has 2 rings (SSSR count). The summed E-state index contributed by atoms with van der Waals surface area (Å²) in [5, 5.41) is 9.74. The minimum absolute atomic E-state index is 0.402. The van der Waals surface area contributed by atoms with Crippen LogP contribution in [0.2, 0.25) is 10.0 Å². The molecule has 0 aliphatic heterocycles. The van der Waals surface area contributed by atoms with Crippen LogP contribution in [0.4, 0.5) is 33.5 Å². The van der Waals surface area contributed by atoms with Crippen LogP contribution < -0.4 is 5.32 Å². The first-order valence-electron chi connectivity index (χ1n) is 5.93. The smallest absolute Gasteiger partial charge is 0.417 e. The molecule has 24 heavy (non-hydrogen) atoms. The largest absolute Gasteiger partial charge is 0.478 e. The zero-order chi connectivity index (χ0) is 18.2. The Hall–Kier alpha value is -2.13. The van der Waals surface area contributed by atoms with Crippen LogP contribution in [0, 0.1) is 11.6 Å². The number of nitrogens with one attached hydrogen (secondary N) is 1. The Morgan fingerprint density at radius 1 is 1.12 bits per heavy atom. The molecule has 1 aromatic carbocycles. The molecule has 0 amide bonds. The zero-order valence-electron chi connectivity index (χ0n) is 11.2. The van der Waals surface area contributed by atoms with Gasteiger partial charge in [0.25, 0.3) is 0 Å². The van der Waals surface area contributed by atoms with E-state index in [4.69, 9.17) is 28.3 Å². The normalized spacial score (nSPS) is 11.5. The number of aromatic carboxylic acids is 1. The van der Waals surface area contributed by atoms with Crippen molar-refractivity contribution in [2.75, 3.05) is 5.32 Å². The van der Waals surface area contributed by atoms with E-state index in [2.05, 4.69) is 10.3 Å². The Balaban J connectivity index is 2.53. The van der Waals surface area contributed by atoms with Crippen LogP contribution in [-0.2, 0) is 6.18 Å². The van der Waals surface area contributed by atoms with Crippen LogP contribution in [0.5, 0.6) is 0 Å². The van der Waals surface area contributed by atoms with Crippen molar-refractivity contribution in [2.24, 2.45) is 0 Å². The van der Waals surface area contributed by atoms with Gasteiger partial charge in [-0.1, -0.05) is 23.2 Å². The van der Waals surface area contributed by atoms with Gasteiger partial charge in [0.1, 0.15) is 5.82 Å². The number of carboxylic acids is 1. The van der Waals surface area contributed by atoms with Crippen molar-refractivity contribution in [1.82, 2.24) is 4.98 Å². The number of hydrogen-bond acceptors (Lipinski definition) is 3. The number of rotatable bonds is 3. The number of carboxylic acid groups (broad SMARTS) is 1. The van der Waals surface area contributed by atoms with Crippen molar-refractivity contribution in [2.45, 2.75) is 6.18 Å². The Labute approximate surface area is 140 Å². The number of aromatic nitrogens is 1. The molecule has 0 spiro atoms. The Morgan fingerprint density at radius 3 is 2.25 bits per heavy atom. The molecule has 0 unspecified atom stereocenters. The van der Waals surface area contributed by atoms with Crippen LogP contribution in [0.15, 0.2) is 18.3 Å². The fraction of sp³-hybridized carbons (Fsp3) is 0.0769. The summed E-state index contributed by atoms with van der Waals surface area (Å²) in [7, 11) is 0. The average Bonchev–Trinajstić information content (AvgIpc) is 2.47. The van der Waals surface area contributed by atoms with E-state index in [1.165, 1.54) is 0 Å². The highest BCUT2D eigenvalue weighted by molar-refractivity contribution is 6.33. The molecule has 11 heteroatoms. The lowest BCUT2D eigenvalue weighted by Gasteiger charge is -2.14. The molecule has 4 nitrogen and oxygen atoms in total. The molecule has 2 aromatic rings. The molecule has 1 aromatic heterocycles. The zero-order valence-corrected chi connectivity index (χ0v) is 12.7. The molecule has 0 bridgehead atoms. The maximum absolute atomic E-state index is 13.9. The minimum Gasteiger partial charge on any atom is -0.478 e. The lowest BCUT2D eigenvalue weighted by Crippen LogP contribution is -2.10. The molecule has 0 aliphatic rings. The summed E-state index contributed by atoms with van der Waals surface area (Å²) in [4.78, 5) is 14.5. The summed E-state index contributed by atoms with van der Waals surface area (Å²) in [6, 6.07) is 1.14. The number of pyridine rings is 1. The van der Waals surface area contributed by atoms with Crippen LogP contribution in [0.1, 0.15) is 15.9 Å². The van der Waals surface area contributed by atoms with E-state index in [1.54, 1.807) is 0 Å². The fourth-order valence-corrected chi connectivity index (χ4v) is 2.09. The SMILES string of the molecule is O=C(O)c1cc(Cl)c(F)c(F)c1Nc1ncc(C(F)(F)F)cc1Cl. The average molecular weight is 387 g/mol. The molecule has 0 atom stereocenters. The monoisotopic (exact) mass is 386 g/mol. The van der Waals surface area contributed by atoms with Crippen LogP contribution in [-0.4, -0.2) is 16.1 Å². The van der Waals surface area contributed by atoms with E-state index < -0.39 is 56.5 Å². The first-order valence-corrected chi connectivity index (χ1v) is 6.68. The van der Waals surface area contributed by atoms with Gasteiger partial charge in [0.05, 0.1) is 26.9 Å². The van der Waals surface area contributed by atoms with Crippen LogP contribution in [0.25, 0.3) is 0 Å². The topological polar surface area (TPSA) is 62.2 Å². The first kappa shape index (κ1) is 18.2. The van der Waals surface area contributed by atoms with Crippen molar-refractivity contribution in [3.63, 3.8) is 0 Å². The lowest BCUT2D eigenvalue weighted by atomic mass is 10.1. The third-order valence-corrected chi connectivity index (χ3v) is 3.37. The van der Waals surface area contributed by atoms with E-state index in [1.807, 2.05) is 0 Å². The highest BCUT2D eigenvalue weighted by Crippen LogP contribution is 2.35. The Morgan fingerprint density at radius 2 is 1.75 bits per heavy atom. The number of anilines is 2. The van der Waals surface area contributed by atoms with Gasteiger partial charge < -0.3 is 10.4 Å². The number of carbonyl (C=O) groups is 1. The molecule has 128 valence electrons. The van der Waals surface area contributed by atoms with Gasteiger partial charge in [-0.15, -0.1) is 0 Å². The van der Waals surface area contributed by atoms with Crippen LogP contribution >= 0.6 is 23.2 Å². The Kier molecular flexibility index (Phi) is 4.86. The molecule has 1 heterocycles. The number of nitrogens with zero attached hydrogens (tertiary/aromatic N) is 1. The van der Waals surface area contributed by atoms with Crippen molar-refractivity contribution in [3.8, 4) is 0 Å². The van der Waals surface area contributed by atoms with E-state index in [9.17, 15) is 26.7 Å². The van der Waals surface area contributed by atoms with Gasteiger partial charge in [-0.05, 0) is 12.1 Å². The third kappa shape index (κ3) is 3.51. The fourth-order valence-electron chi connectivity index (χ4n) is 1.69. The van der Waals surface area contributed by atoms with Gasteiger partial charge in [0.2, 0.25) is 0 Å². The standard InChI is InChI=1S/C13H5Cl2F5N2O2/c14-6-2-5(12(23)24)10(9(17)8(6)16)22-11-7(15)1-4(3-21-11)13(18,19)20/h1-3H,(H,21,22)(H,23,24). The summed E-state index contributed by atoms with van der Waals surface area (Å²) < 4.78 is 65.1. The maximum Gasteiger partial charge on any atom is 0.417 e. The third-order valence-electron chi connectivity index (χ3n) is 2.80. The molecular weight excluding hydrogens is 382 g/mol. The van der Waals surface area contributed by atoms with E-state index in [0.29, 0.717) is 18.3 Å². The molecule has 0 saturated carbocycles. The lowest BCUT2D eigenvalue weighted by molar-refractivity contribution is -0.137.